The number of nitrogens with one attached hydrogen (secondary N) is 1. The van der Waals surface area contributed by atoms with Crippen molar-refractivity contribution in [2.24, 2.45) is 10.7 Å². The molecule has 0 saturated heterocycles. The number of anilines is 1. The van der Waals surface area contributed by atoms with Crippen LogP contribution in [0.3, 0.4) is 0 Å². The summed E-state index contributed by atoms with van der Waals surface area (Å²) < 4.78 is 1.90. The molecule has 1 heterocycles. The Morgan fingerprint density at radius 1 is 1.15 bits per heavy atom. The molecule has 0 fully saturated rings. The second-order valence-electron chi connectivity index (χ2n) is 6.21. The lowest BCUT2D eigenvalue weighted by molar-refractivity contribution is 0.734. The van der Waals surface area contributed by atoms with Gasteiger partial charge in [0.05, 0.1) is 0 Å². The summed E-state index contributed by atoms with van der Waals surface area (Å²) in [6.45, 7) is 4.76. The van der Waals surface area contributed by atoms with Gasteiger partial charge in [0.25, 0.3) is 0 Å². The number of hydrogen-bond acceptors (Lipinski definition) is 3. The van der Waals surface area contributed by atoms with E-state index in [0.717, 1.165) is 23.6 Å². The maximum absolute atomic E-state index is 6.02. The summed E-state index contributed by atoms with van der Waals surface area (Å²) in [6, 6.07) is 18.2. The molecule has 142 valence electrons. The van der Waals surface area contributed by atoms with E-state index in [1.165, 1.54) is 5.56 Å². The molecule has 0 bridgehead atoms. The molecule has 3 N–H and O–H groups in total. The van der Waals surface area contributed by atoms with Crippen molar-refractivity contribution in [1.29, 1.82) is 0 Å². The average molecular weight is 476 g/mol. The molecule has 0 radical (unpaired) electrons. The summed E-state index contributed by atoms with van der Waals surface area (Å²) in [6.07, 6.45) is 2.80. The number of nitrogens with two attached hydrogens (primary N) is 1. The monoisotopic (exact) mass is 476 g/mol. The van der Waals surface area contributed by atoms with Gasteiger partial charge in [-0.25, -0.2) is 4.99 Å². The fourth-order valence-corrected chi connectivity index (χ4v) is 2.64. The zero-order chi connectivity index (χ0) is 18.4. The van der Waals surface area contributed by atoms with Crippen LogP contribution in [0.1, 0.15) is 37.6 Å². The van der Waals surface area contributed by atoms with Gasteiger partial charge in [0, 0.05) is 11.4 Å². The molecule has 3 rings (SSSR count). The Labute approximate surface area is 176 Å². The summed E-state index contributed by atoms with van der Waals surface area (Å²) >= 11 is 0. The summed E-state index contributed by atoms with van der Waals surface area (Å²) in [5.74, 6) is 1.64. The van der Waals surface area contributed by atoms with E-state index in [9.17, 15) is 0 Å². The topological polar surface area (TPSA) is 81.1 Å². The Morgan fingerprint density at radius 3 is 2.52 bits per heavy atom. The van der Waals surface area contributed by atoms with E-state index in [4.69, 9.17) is 5.73 Å². The van der Waals surface area contributed by atoms with Gasteiger partial charge in [0.15, 0.2) is 11.8 Å². The first kappa shape index (κ1) is 20.9. The highest BCUT2D eigenvalue weighted by Gasteiger charge is 2.06. The lowest BCUT2D eigenvalue weighted by Crippen LogP contribution is -2.22. The summed E-state index contributed by atoms with van der Waals surface area (Å²) in [7, 11) is 0. The fourth-order valence-electron chi connectivity index (χ4n) is 2.64. The minimum absolute atomic E-state index is 0. The Bertz CT molecular complexity index is 858. The summed E-state index contributed by atoms with van der Waals surface area (Å²) in [4.78, 5) is 4.38. The number of para-hydroxylation sites is 1. The van der Waals surface area contributed by atoms with Crippen LogP contribution in [0.5, 0.6) is 0 Å². The van der Waals surface area contributed by atoms with E-state index >= 15 is 0 Å². The van der Waals surface area contributed by atoms with Crippen LogP contribution in [-0.2, 0) is 6.54 Å². The SMILES string of the molecule is CCC(C)c1ccc(NC(N)=NCc2nncn2-c2ccccc2)cc1.I. The Hall–Kier alpha value is -2.42. The van der Waals surface area contributed by atoms with Gasteiger partial charge in [-0.2, -0.15) is 0 Å². The molecule has 0 aliphatic heterocycles. The van der Waals surface area contributed by atoms with Gasteiger partial charge in [0.1, 0.15) is 12.9 Å². The Kier molecular flexibility index (Phi) is 7.78. The van der Waals surface area contributed by atoms with Crippen LogP contribution in [0, 0.1) is 0 Å². The first-order valence-corrected chi connectivity index (χ1v) is 8.78. The second kappa shape index (κ2) is 10.1. The highest BCUT2D eigenvalue weighted by atomic mass is 127. The molecule has 0 aliphatic rings. The minimum atomic E-state index is 0. The smallest absolute Gasteiger partial charge is 0.193 e. The molecule has 1 aromatic heterocycles. The maximum Gasteiger partial charge on any atom is 0.193 e. The van der Waals surface area contributed by atoms with Crippen LogP contribution in [-0.4, -0.2) is 20.7 Å². The summed E-state index contributed by atoms with van der Waals surface area (Å²) in [5.41, 5.74) is 9.25. The zero-order valence-corrected chi connectivity index (χ0v) is 17.9. The van der Waals surface area contributed by atoms with Crippen molar-refractivity contribution in [3.8, 4) is 5.69 Å². The standard InChI is InChI=1S/C20H24N6.HI/c1-3-15(2)16-9-11-17(12-10-16)24-20(21)22-13-19-25-23-14-26(19)18-7-5-4-6-8-18;/h4-12,14-15H,3,13H2,1-2H3,(H3,21,22,24);1H. The van der Waals surface area contributed by atoms with Crippen LogP contribution in [0.4, 0.5) is 5.69 Å². The number of aliphatic imine (C=N–C) groups is 1. The van der Waals surface area contributed by atoms with Gasteiger partial charge in [0.2, 0.25) is 0 Å². The molecule has 3 aromatic rings. The number of aromatic nitrogens is 3. The molecule has 2 aromatic carbocycles. The molecule has 27 heavy (non-hydrogen) atoms. The predicted octanol–water partition coefficient (Wildman–Crippen LogP) is 4.33. The molecule has 7 heteroatoms. The van der Waals surface area contributed by atoms with Gasteiger partial charge in [-0.3, -0.25) is 4.57 Å². The van der Waals surface area contributed by atoms with E-state index in [1.54, 1.807) is 6.33 Å². The highest BCUT2D eigenvalue weighted by molar-refractivity contribution is 14.0. The average Bonchev–Trinajstić information content (AvgIpc) is 3.16. The molecule has 1 unspecified atom stereocenters. The van der Waals surface area contributed by atoms with E-state index in [0.29, 0.717) is 18.4 Å². The van der Waals surface area contributed by atoms with Gasteiger partial charge in [-0.1, -0.05) is 44.2 Å². The predicted molar refractivity (Wildman–Crippen MR) is 121 cm³/mol. The fraction of sp³-hybridized carbons (Fsp3) is 0.250. The Balaban J connectivity index is 0.00000261. The molecule has 6 nitrogen and oxygen atoms in total. The number of hydrogen-bond donors (Lipinski definition) is 2. The highest BCUT2D eigenvalue weighted by Crippen LogP contribution is 2.20. The van der Waals surface area contributed by atoms with Crippen LogP contribution < -0.4 is 11.1 Å². The van der Waals surface area contributed by atoms with Crippen molar-refractivity contribution < 1.29 is 0 Å². The second-order valence-corrected chi connectivity index (χ2v) is 6.21. The molecule has 1 atom stereocenters. The minimum Gasteiger partial charge on any atom is -0.370 e. The van der Waals surface area contributed by atoms with Gasteiger partial charge >= 0.3 is 0 Å². The zero-order valence-electron chi connectivity index (χ0n) is 15.5. The molecular formula is C20H25IN6. The van der Waals surface area contributed by atoms with E-state index in [-0.39, 0.29) is 24.0 Å². The van der Waals surface area contributed by atoms with Crippen LogP contribution in [0.25, 0.3) is 5.69 Å². The third-order valence-electron chi connectivity index (χ3n) is 4.41. The quantitative estimate of drug-likeness (QED) is 0.316. The van der Waals surface area contributed by atoms with Crippen LogP contribution >= 0.6 is 24.0 Å². The van der Waals surface area contributed by atoms with Gasteiger partial charge in [-0.15, -0.1) is 34.2 Å². The van der Waals surface area contributed by atoms with Crippen molar-refractivity contribution >= 4 is 35.6 Å². The van der Waals surface area contributed by atoms with Crippen LogP contribution in [0.2, 0.25) is 0 Å². The molecule has 0 amide bonds. The number of halogens is 1. The van der Waals surface area contributed by atoms with E-state index in [2.05, 4.69) is 46.5 Å². The molecule has 0 saturated carbocycles. The van der Waals surface area contributed by atoms with E-state index < -0.39 is 0 Å². The number of rotatable bonds is 6. The van der Waals surface area contributed by atoms with Crippen molar-refractivity contribution in [2.45, 2.75) is 32.7 Å². The lowest BCUT2D eigenvalue weighted by atomic mass is 9.99. The van der Waals surface area contributed by atoms with Crippen molar-refractivity contribution in [3.05, 3.63) is 72.3 Å². The lowest BCUT2D eigenvalue weighted by Gasteiger charge is -2.11. The number of guanidine groups is 1. The number of nitrogens with zero attached hydrogens (tertiary/aromatic N) is 4. The molecule has 0 spiro atoms. The normalized spacial score (nSPS) is 12.3. The van der Waals surface area contributed by atoms with Crippen molar-refractivity contribution in [2.75, 3.05) is 5.32 Å². The third-order valence-corrected chi connectivity index (χ3v) is 4.41. The molecular weight excluding hydrogens is 451 g/mol. The maximum atomic E-state index is 6.02. The van der Waals surface area contributed by atoms with Crippen molar-refractivity contribution in [3.63, 3.8) is 0 Å². The largest absolute Gasteiger partial charge is 0.370 e. The first-order valence-electron chi connectivity index (χ1n) is 8.78. The Morgan fingerprint density at radius 2 is 1.85 bits per heavy atom. The van der Waals surface area contributed by atoms with Crippen LogP contribution in [0.15, 0.2) is 65.9 Å². The van der Waals surface area contributed by atoms with Gasteiger partial charge in [-0.05, 0) is 42.2 Å². The first-order chi connectivity index (χ1) is 12.7. The molecule has 0 aliphatic carbocycles. The van der Waals surface area contributed by atoms with Gasteiger partial charge < -0.3 is 11.1 Å². The number of benzene rings is 2. The third kappa shape index (κ3) is 5.53. The summed E-state index contributed by atoms with van der Waals surface area (Å²) in [5, 5.41) is 11.2. The van der Waals surface area contributed by atoms with Crippen molar-refractivity contribution in [1.82, 2.24) is 14.8 Å². The van der Waals surface area contributed by atoms with E-state index in [1.807, 2.05) is 47.0 Å².